The molecular formula is C29H43N3O5. The Labute approximate surface area is 220 Å². The van der Waals surface area contributed by atoms with Crippen LogP contribution in [0.15, 0.2) is 30.3 Å². The van der Waals surface area contributed by atoms with Gasteiger partial charge in [0, 0.05) is 11.7 Å². The van der Waals surface area contributed by atoms with Crippen LogP contribution in [0.5, 0.6) is 0 Å². The van der Waals surface area contributed by atoms with Crippen molar-refractivity contribution < 1.29 is 24.2 Å². The van der Waals surface area contributed by atoms with Crippen LogP contribution in [0.2, 0.25) is 0 Å². The Morgan fingerprint density at radius 2 is 1.84 bits per heavy atom. The molecule has 4 rings (SSSR count). The van der Waals surface area contributed by atoms with Gasteiger partial charge in [-0.05, 0) is 50.7 Å². The largest absolute Gasteiger partial charge is 0.394 e. The molecule has 0 radical (unpaired) electrons. The Morgan fingerprint density at radius 1 is 1.14 bits per heavy atom. The van der Waals surface area contributed by atoms with Gasteiger partial charge in [-0.2, -0.15) is 0 Å². The van der Waals surface area contributed by atoms with E-state index in [0.717, 1.165) is 19.3 Å². The van der Waals surface area contributed by atoms with E-state index in [2.05, 4.69) is 17.6 Å². The molecule has 3 aliphatic rings. The number of carbonyl (C=O) groups excluding carboxylic acids is 3. The number of carbonyl (C=O) groups is 3. The highest BCUT2D eigenvalue weighted by Crippen LogP contribution is 2.64. The molecule has 3 aliphatic heterocycles. The molecule has 1 aromatic rings. The number of aliphatic hydroxyl groups is 1. The third-order valence-corrected chi connectivity index (χ3v) is 9.15. The van der Waals surface area contributed by atoms with E-state index in [1.807, 2.05) is 58.0 Å². The molecule has 8 atom stereocenters. The number of nitrogens with zero attached hydrogens (tertiary/aromatic N) is 1. The number of rotatable bonds is 11. The number of para-hydroxylation sites is 1. The van der Waals surface area contributed by atoms with Crippen LogP contribution in [0.4, 0.5) is 5.69 Å². The zero-order valence-electron chi connectivity index (χ0n) is 22.8. The number of benzene rings is 1. The molecule has 3 heterocycles. The summed E-state index contributed by atoms with van der Waals surface area (Å²) >= 11 is 0. The lowest BCUT2D eigenvalue weighted by atomic mass is 9.65. The molecule has 37 heavy (non-hydrogen) atoms. The van der Waals surface area contributed by atoms with E-state index in [4.69, 9.17) is 4.74 Å². The summed E-state index contributed by atoms with van der Waals surface area (Å²) in [6.07, 6.45) is 4.19. The fraction of sp³-hybridized carbons (Fsp3) is 0.690. The number of fused-ring (bicyclic) bond motifs is 1. The van der Waals surface area contributed by atoms with E-state index in [1.54, 1.807) is 4.90 Å². The molecule has 1 aromatic carbocycles. The summed E-state index contributed by atoms with van der Waals surface area (Å²) in [7, 11) is 0. The molecule has 3 unspecified atom stereocenters. The topological polar surface area (TPSA) is 108 Å². The second kappa shape index (κ2) is 10.7. The van der Waals surface area contributed by atoms with Gasteiger partial charge in [0.25, 0.3) is 0 Å². The number of amides is 3. The fourth-order valence-corrected chi connectivity index (χ4v) is 7.09. The summed E-state index contributed by atoms with van der Waals surface area (Å²) in [5.41, 5.74) is -1.24. The standard InChI is InChI=1S/C29H43N3O5/c1-6-12-19(5)30-26(35)24-29-16-15-28(8-3,37-29)22(25(34)31-20-13-10-9-11-14-20)23(29)27(36)32(24)21(17-33)18(4)7-2/h9-11,13-14,18-19,21-24,33H,6-8,12,15-17H2,1-5H3,(H,30,35)(H,31,34)/t18-,19?,21-,22-,23-,24?,28+,29?/m0/s1. The SMILES string of the molecule is CCCC(C)NC(=O)C1N([C@@H](CO)[C@@H](C)CC)C(=O)[C@@H]2[C@@H](C(=O)Nc3ccccc3)[C@@]3(CC)CCC12O3. The highest BCUT2D eigenvalue weighted by Gasteiger charge is 2.79. The zero-order chi connectivity index (χ0) is 27.0. The Morgan fingerprint density at radius 3 is 2.43 bits per heavy atom. The summed E-state index contributed by atoms with van der Waals surface area (Å²) < 4.78 is 6.81. The van der Waals surface area contributed by atoms with Crippen LogP contribution in [0.25, 0.3) is 0 Å². The van der Waals surface area contributed by atoms with Crippen LogP contribution in [-0.2, 0) is 19.1 Å². The van der Waals surface area contributed by atoms with Crippen LogP contribution >= 0.6 is 0 Å². The van der Waals surface area contributed by atoms with Crippen molar-refractivity contribution in [2.45, 2.75) is 102 Å². The molecule has 204 valence electrons. The number of hydrogen-bond acceptors (Lipinski definition) is 5. The fourth-order valence-electron chi connectivity index (χ4n) is 7.09. The predicted molar refractivity (Wildman–Crippen MR) is 142 cm³/mol. The summed E-state index contributed by atoms with van der Waals surface area (Å²) in [4.78, 5) is 43.7. The lowest BCUT2D eigenvalue weighted by Crippen LogP contribution is -2.60. The molecule has 8 nitrogen and oxygen atoms in total. The number of anilines is 1. The van der Waals surface area contributed by atoms with Gasteiger partial charge in [0.05, 0.1) is 30.1 Å². The van der Waals surface area contributed by atoms with Crippen LogP contribution in [0.1, 0.15) is 73.1 Å². The number of nitrogens with one attached hydrogen (secondary N) is 2. The molecule has 0 saturated carbocycles. The Kier molecular flexibility index (Phi) is 8.00. The molecular weight excluding hydrogens is 470 g/mol. The number of likely N-dealkylation sites (tertiary alicyclic amines) is 1. The average Bonchev–Trinajstić information content (AvgIpc) is 3.49. The van der Waals surface area contributed by atoms with Gasteiger partial charge in [0.1, 0.15) is 11.6 Å². The van der Waals surface area contributed by atoms with E-state index < -0.39 is 35.1 Å². The van der Waals surface area contributed by atoms with Gasteiger partial charge < -0.3 is 25.4 Å². The van der Waals surface area contributed by atoms with Gasteiger partial charge in [0.2, 0.25) is 17.7 Å². The van der Waals surface area contributed by atoms with E-state index in [-0.39, 0.29) is 36.3 Å². The van der Waals surface area contributed by atoms with Gasteiger partial charge in [-0.25, -0.2) is 0 Å². The van der Waals surface area contributed by atoms with Gasteiger partial charge in [-0.1, -0.05) is 58.7 Å². The number of aliphatic hydroxyl groups excluding tert-OH is 1. The lowest BCUT2D eigenvalue weighted by molar-refractivity contribution is -0.151. The Bertz CT molecular complexity index is 1000. The van der Waals surface area contributed by atoms with E-state index >= 15 is 0 Å². The molecule has 1 spiro atoms. The van der Waals surface area contributed by atoms with Crippen molar-refractivity contribution in [3.05, 3.63) is 30.3 Å². The quantitative estimate of drug-likeness (QED) is 0.420. The zero-order valence-corrected chi connectivity index (χ0v) is 22.8. The highest BCUT2D eigenvalue weighted by molar-refractivity contribution is 6.02. The maximum Gasteiger partial charge on any atom is 0.246 e. The number of ether oxygens (including phenoxy) is 1. The van der Waals surface area contributed by atoms with E-state index in [9.17, 15) is 19.5 Å². The van der Waals surface area contributed by atoms with E-state index in [0.29, 0.717) is 24.9 Å². The summed E-state index contributed by atoms with van der Waals surface area (Å²) in [5, 5.41) is 16.5. The maximum atomic E-state index is 14.3. The molecule has 0 aromatic heterocycles. The summed E-state index contributed by atoms with van der Waals surface area (Å²) in [6, 6.07) is 7.73. The minimum absolute atomic E-state index is 0.0264. The van der Waals surface area contributed by atoms with Gasteiger partial charge in [-0.3, -0.25) is 14.4 Å². The Hall–Kier alpha value is -2.45. The lowest BCUT2D eigenvalue weighted by Gasteiger charge is -2.39. The van der Waals surface area contributed by atoms with Gasteiger partial charge in [0.15, 0.2) is 0 Å². The van der Waals surface area contributed by atoms with Crippen molar-refractivity contribution in [2.75, 3.05) is 11.9 Å². The van der Waals surface area contributed by atoms with Crippen molar-refractivity contribution in [1.29, 1.82) is 0 Å². The van der Waals surface area contributed by atoms with Crippen molar-refractivity contribution in [3.63, 3.8) is 0 Å². The van der Waals surface area contributed by atoms with Crippen molar-refractivity contribution in [3.8, 4) is 0 Å². The van der Waals surface area contributed by atoms with Crippen LogP contribution in [0, 0.1) is 17.8 Å². The average molecular weight is 514 g/mol. The highest BCUT2D eigenvalue weighted by atomic mass is 16.5. The summed E-state index contributed by atoms with van der Waals surface area (Å²) in [6.45, 7) is 9.76. The van der Waals surface area contributed by atoms with Crippen molar-refractivity contribution in [1.82, 2.24) is 10.2 Å². The summed E-state index contributed by atoms with van der Waals surface area (Å²) in [5.74, 6) is -2.29. The van der Waals surface area contributed by atoms with Gasteiger partial charge in [-0.15, -0.1) is 0 Å². The predicted octanol–water partition coefficient (Wildman–Crippen LogP) is 3.49. The van der Waals surface area contributed by atoms with Crippen LogP contribution in [0.3, 0.4) is 0 Å². The Balaban J connectivity index is 1.77. The molecule has 3 amide bonds. The number of hydrogen-bond donors (Lipinski definition) is 3. The van der Waals surface area contributed by atoms with Crippen LogP contribution in [-0.4, -0.2) is 63.7 Å². The third-order valence-electron chi connectivity index (χ3n) is 9.15. The molecule has 3 fully saturated rings. The molecule has 0 aliphatic carbocycles. The normalized spacial score (nSPS) is 32.6. The smallest absolute Gasteiger partial charge is 0.246 e. The maximum absolute atomic E-state index is 14.3. The molecule has 3 N–H and O–H groups in total. The first-order valence-corrected chi connectivity index (χ1v) is 14.0. The van der Waals surface area contributed by atoms with Gasteiger partial charge >= 0.3 is 0 Å². The molecule has 3 saturated heterocycles. The molecule has 2 bridgehead atoms. The minimum atomic E-state index is -1.09. The second-order valence-electron chi connectivity index (χ2n) is 11.3. The third kappa shape index (κ3) is 4.46. The first-order chi connectivity index (χ1) is 17.7. The second-order valence-corrected chi connectivity index (χ2v) is 11.3. The van der Waals surface area contributed by atoms with Crippen LogP contribution < -0.4 is 10.6 Å². The van der Waals surface area contributed by atoms with Crippen molar-refractivity contribution >= 4 is 23.4 Å². The monoisotopic (exact) mass is 513 g/mol. The van der Waals surface area contributed by atoms with E-state index in [1.165, 1.54) is 0 Å². The molecule has 8 heteroatoms. The first-order valence-electron chi connectivity index (χ1n) is 14.0. The first kappa shape index (κ1) is 27.6. The van der Waals surface area contributed by atoms with Crippen molar-refractivity contribution in [2.24, 2.45) is 17.8 Å². The minimum Gasteiger partial charge on any atom is -0.394 e.